The van der Waals surface area contributed by atoms with Gasteiger partial charge in [0.05, 0.1) is 6.61 Å². The largest absolute Gasteiger partial charge is 0.462 e. The SMILES string of the molecule is CCCCCCCCC/C=C\CCCCCCCC(=O)OC(CO)COC(=O)CCCCCCCCCCCCCCCCCC. The highest BCUT2D eigenvalue weighted by atomic mass is 16.6. The summed E-state index contributed by atoms with van der Waals surface area (Å²) in [5, 5.41) is 9.55. The molecule has 0 saturated heterocycles. The molecule has 0 aromatic rings. The maximum Gasteiger partial charge on any atom is 0.306 e. The van der Waals surface area contributed by atoms with Crippen molar-refractivity contribution in [2.45, 2.75) is 225 Å². The lowest BCUT2D eigenvalue weighted by molar-refractivity contribution is -0.161. The number of carbonyl (C=O) groups excluding carboxylic acids is 2. The number of hydrogen-bond acceptors (Lipinski definition) is 5. The van der Waals surface area contributed by atoms with Crippen molar-refractivity contribution in [3.8, 4) is 0 Å². The molecule has 0 rings (SSSR count). The van der Waals surface area contributed by atoms with E-state index in [-0.39, 0.29) is 25.2 Å². The van der Waals surface area contributed by atoms with Gasteiger partial charge in [0.25, 0.3) is 0 Å². The van der Waals surface area contributed by atoms with Crippen molar-refractivity contribution in [2.75, 3.05) is 13.2 Å². The van der Waals surface area contributed by atoms with Crippen molar-refractivity contribution in [1.82, 2.24) is 0 Å². The quantitative estimate of drug-likeness (QED) is 0.0411. The molecule has 0 bridgehead atoms. The third kappa shape index (κ3) is 35.5. The molecule has 5 heteroatoms. The number of hydrogen-bond donors (Lipinski definition) is 1. The summed E-state index contributed by atoms with van der Waals surface area (Å²) >= 11 is 0. The number of aliphatic hydroxyl groups excluding tert-OH is 1. The average Bonchev–Trinajstić information content (AvgIpc) is 3.06. The zero-order valence-corrected chi connectivity index (χ0v) is 30.9. The van der Waals surface area contributed by atoms with Gasteiger partial charge in [-0.1, -0.05) is 180 Å². The lowest BCUT2D eigenvalue weighted by atomic mass is 10.0. The standard InChI is InChI=1S/C41H78O5/c1-3-5-7-9-11-13-15-17-19-21-23-25-27-29-31-33-35-40(43)45-38-39(37-42)46-41(44)36-34-32-30-28-26-24-22-20-18-16-14-12-10-8-6-4-2/h20,22,39,42H,3-19,21,23-38H2,1-2H3/b22-20-. The smallest absolute Gasteiger partial charge is 0.306 e. The molecule has 0 aromatic carbocycles. The first-order valence-electron chi connectivity index (χ1n) is 20.2. The number of allylic oxidation sites excluding steroid dienone is 2. The van der Waals surface area contributed by atoms with Crippen LogP contribution in [0.15, 0.2) is 12.2 Å². The zero-order chi connectivity index (χ0) is 33.6. The van der Waals surface area contributed by atoms with Crippen LogP contribution in [0.2, 0.25) is 0 Å². The van der Waals surface area contributed by atoms with Gasteiger partial charge >= 0.3 is 11.9 Å². The van der Waals surface area contributed by atoms with E-state index in [1.54, 1.807) is 0 Å². The van der Waals surface area contributed by atoms with Crippen LogP contribution in [0.1, 0.15) is 219 Å². The number of aliphatic hydroxyl groups is 1. The van der Waals surface area contributed by atoms with Gasteiger partial charge in [-0.2, -0.15) is 0 Å². The van der Waals surface area contributed by atoms with Gasteiger partial charge < -0.3 is 14.6 Å². The van der Waals surface area contributed by atoms with Crippen LogP contribution >= 0.6 is 0 Å². The Morgan fingerprint density at radius 2 is 0.804 bits per heavy atom. The molecule has 0 amide bonds. The van der Waals surface area contributed by atoms with Crippen LogP contribution in [-0.4, -0.2) is 36.4 Å². The van der Waals surface area contributed by atoms with E-state index in [2.05, 4.69) is 26.0 Å². The number of esters is 2. The molecule has 0 aliphatic rings. The number of unbranched alkanes of at least 4 members (excludes halogenated alkanes) is 27. The molecule has 1 N–H and O–H groups in total. The van der Waals surface area contributed by atoms with Gasteiger partial charge in [-0.25, -0.2) is 0 Å². The summed E-state index contributed by atoms with van der Waals surface area (Å²) in [4.78, 5) is 24.2. The topological polar surface area (TPSA) is 72.8 Å². The summed E-state index contributed by atoms with van der Waals surface area (Å²) in [5.74, 6) is -0.589. The Bertz CT molecular complexity index is 661. The van der Waals surface area contributed by atoms with Crippen LogP contribution in [0.5, 0.6) is 0 Å². The van der Waals surface area contributed by atoms with Crippen molar-refractivity contribution in [3.63, 3.8) is 0 Å². The second kappa shape index (κ2) is 38.1. The van der Waals surface area contributed by atoms with Gasteiger partial charge in [-0.05, 0) is 38.5 Å². The molecular formula is C41H78O5. The third-order valence-corrected chi connectivity index (χ3v) is 9.06. The van der Waals surface area contributed by atoms with E-state index in [0.29, 0.717) is 12.8 Å². The summed E-state index contributed by atoms with van der Waals surface area (Å²) in [5.41, 5.74) is 0. The van der Waals surface area contributed by atoms with Crippen molar-refractivity contribution in [2.24, 2.45) is 0 Å². The van der Waals surface area contributed by atoms with Gasteiger partial charge in [0.2, 0.25) is 0 Å². The summed E-state index contributed by atoms with van der Waals surface area (Å²) < 4.78 is 10.6. The van der Waals surface area contributed by atoms with Gasteiger partial charge in [-0.3, -0.25) is 9.59 Å². The first-order valence-corrected chi connectivity index (χ1v) is 20.2. The first-order chi connectivity index (χ1) is 22.6. The minimum absolute atomic E-state index is 0.0631. The number of carbonyl (C=O) groups is 2. The van der Waals surface area contributed by atoms with Gasteiger partial charge in [0.1, 0.15) is 6.61 Å². The molecule has 0 radical (unpaired) electrons. The van der Waals surface area contributed by atoms with E-state index in [1.165, 1.54) is 154 Å². The maximum absolute atomic E-state index is 12.2. The third-order valence-electron chi connectivity index (χ3n) is 9.06. The Hall–Kier alpha value is -1.36. The molecule has 0 saturated carbocycles. The van der Waals surface area contributed by atoms with Crippen molar-refractivity contribution >= 4 is 11.9 Å². The number of rotatable bonds is 37. The Labute approximate surface area is 286 Å². The lowest BCUT2D eigenvalue weighted by Gasteiger charge is -2.15. The van der Waals surface area contributed by atoms with Gasteiger partial charge in [0, 0.05) is 12.8 Å². The summed E-state index contributed by atoms with van der Waals surface area (Å²) in [6.45, 7) is 4.15. The fourth-order valence-electron chi connectivity index (χ4n) is 5.96. The molecule has 5 nitrogen and oxygen atoms in total. The highest BCUT2D eigenvalue weighted by Gasteiger charge is 2.16. The fraction of sp³-hybridized carbons (Fsp3) is 0.902. The molecule has 1 atom stereocenters. The van der Waals surface area contributed by atoms with Crippen LogP contribution in [0.4, 0.5) is 0 Å². The Kier molecular flexibility index (Phi) is 37.0. The fourth-order valence-corrected chi connectivity index (χ4v) is 5.96. The maximum atomic E-state index is 12.2. The molecule has 272 valence electrons. The zero-order valence-electron chi connectivity index (χ0n) is 30.9. The van der Waals surface area contributed by atoms with E-state index in [0.717, 1.165) is 38.5 Å². The minimum atomic E-state index is -0.768. The molecule has 46 heavy (non-hydrogen) atoms. The van der Waals surface area contributed by atoms with Gasteiger partial charge in [-0.15, -0.1) is 0 Å². The molecule has 0 spiro atoms. The van der Waals surface area contributed by atoms with Crippen LogP contribution in [-0.2, 0) is 19.1 Å². The molecule has 0 heterocycles. The Balaban J connectivity index is 3.52. The van der Waals surface area contributed by atoms with Crippen molar-refractivity contribution in [1.29, 1.82) is 0 Å². The van der Waals surface area contributed by atoms with Crippen LogP contribution in [0, 0.1) is 0 Å². The second-order valence-corrected chi connectivity index (χ2v) is 13.7. The molecule has 0 aliphatic heterocycles. The van der Waals surface area contributed by atoms with Crippen LogP contribution in [0.25, 0.3) is 0 Å². The van der Waals surface area contributed by atoms with E-state index >= 15 is 0 Å². The molecular weight excluding hydrogens is 572 g/mol. The molecule has 1 unspecified atom stereocenters. The van der Waals surface area contributed by atoms with E-state index in [4.69, 9.17) is 9.47 Å². The van der Waals surface area contributed by atoms with E-state index in [9.17, 15) is 14.7 Å². The summed E-state index contributed by atoms with van der Waals surface area (Å²) in [7, 11) is 0. The molecule has 0 aromatic heterocycles. The summed E-state index contributed by atoms with van der Waals surface area (Å²) in [6.07, 6.45) is 42.7. The van der Waals surface area contributed by atoms with Crippen molar-refractivity contribution < 1.29 is 24.2 Å². The van der Waals surface area contributed by atoms with Gasteiger partial charge in [0.15, 0.2) is 6.10 Å². The lowest BCUT2D eigenvalue weighted by Crippen LogP contribution is -2.28. The van der Waals surface area contributed by atoms with E-state index < -0.39 is 6.10 Å². The predicted molar refractivity (Wildman–Crippen MR) is 196 cm³/mol. The normalized spacial score (nSPS) is 12.2. The minimum Gasteiger partial charge on any atom is -0.462 e. The molecule has 0 fully saturated rings. The van der Waals surface area contributed by atoms with Crippen LogP contribution < -0.4 is 0 Å². The molecule has 0 aliphatic carbocycles. The van der Waals surface area contributed by atoms with Crippen LogP contribution in [0.3, 0.4) is 0 Å². The highest BCUT2D eigenvalue weighted by Crippen LogP contribution is 2.15. The highest BCUT2D eigenvalue weighted by molar-refractivity contribution is 5.70. The Morgan fingerprint density at radius 1 is 0.478 bits per heavy atom. The average molecular weight is 651 g/mol. The monoisotopic (exact) mass is 651 g/mol. The van der Waals surface area contributed by atoms with E-state index in [1.807, 2.05) is 0 Å². The predicted octanol–water partition coefficient (Wildman–Crippen LogP) is 12.5. The second-order valence-electron chi connectivity index (χ2n) is 13.7. The van der Waals surface area contributed by atoms with Crippen molar-refractivity contribution in [3.05, 3.63) is 12.2 Å². The summed E-state index contributed by atoms with van der Waals surface area (Å²) in [6, 6.07) is 0. The Morgan fingerprint density at radius 3 is 1.17 bits per heavy atom. The first kappa shape index (κ1) is 44.6. The number of ether oxygens (including phenoxy) is 2.